The molecule has 0 radical (unpaired) electrons. The molecular formula is C48H55BrCl3N7O6. The number of amides is 5. The standard InChI is InChI=1S/C25H29Cl2N3O3.C23H26BrClN4O3/c1-28-24(31)11-17-10-19(27)6-9-23(17)33-15-25(32)29-20-12-21-7-8-22(13-20)30(21)14-16-2-4-18(26)5-3-16;24-15-3-8-21(20(9-15)28-23(26)31)32-13-22(30)27-17-10-18-6-7-19(11-17)29(18)12-14-1-4-16(25)5-2-14/h2-6,9-10,20-22H,7-8,11-15H2,1H3,(H,28,31)(H,29,32);1-5,8-9,17-19H,6-7,10-13H2,(H,27,30)(H3,26,28,31)/t20?,21-,22+;17?,18-,19+. The third-order valence-electron chi connectivity index (χ3n) is 12.6. The van der Waals surface area contributed by atoms with E-state index in [4.69, 9.17) is 50.0 Å². The predicted molar refractivity (Wildman–Crippen MR) is 258 cm³/mol. The number of primary amides is 1. The van der Waals surface area contributed by atoms with Gasteiger partial charge in [0.1, 0.15) is 11.5 Å². The highest BCUT2D eigenvalue weighted by Gasteiger charge is 2.42. The molecule has 4 saturated heterocycles. The minimum atomic E-state index is -0.696. The van der Waals surface area contributed by atoms with Gasteiger partial charge < -0.3 is 36.5 Å². The van der Waals surface area contributed by atoms with Crippen LogP contribution in [0.3, 0.4) is 0 Å². The summed E-state index contributed by atoms with van der Waals surface area (Å²) in [4.78, 5) is 53.3. The molecule has 4 aliphatic rings. The van der Waals surface area contributed by atoms with Crippen LogP contribution in [-0.4, -0.2) is 90.1 Å². The van der Waals surface area contributed by atoms with E-state index in [0.717, 1.165) is 79.0 Å². The summed E-state index contributed by atoms with van der Waals surface area (Å²) < 4.78 is 12.2. The molecule has 346 valence electrons. The quantitative estimate of drug-likeness (QED) is 0.0794. The zero-order valence-corrected chi connectivity index (χ0v) is 40.0. The van der Waals surface area contributed by atoms with Crippen LogP contribution in [0.4, 0.5) is 10.5 Å². The Hall–Kier alpha value is -4.57. The van der Waals surface area contributed by atoms with Crippen LogP contribution < -0.4 is 36.5 Å². The average molecular weight is 1010 g/mol. The molecule has 4 fully saturated rings. The van der Waals surface area contributed by atoms with Crippen molar-refractivity contribution in [1.29, 1.82) is 0 Å². The van der Waals surface area contributed by atoms with Crippen molar-refractivity contribution in [3.63, 3.8) is 0 Å². The number of carbonyl (C=O) groups excluding carboxylic acids is 4. The molecule has 8 rings (SSSR count). The van der Waals surface area contributed by atoms with E-state index < -0.39 is 6.03 Å². The van der Waals surface area contributed by atoms with Gasteiger partial charge in [-0.3, -0.25) is 24.2 Å². The SMILES string of the molecule is CNC(=O)Cc1cc(Cl)ccc1OCC(=O)NC1C[C@H]2CC[C@@H](C1)N2Cc1ccc(Cl)cc1.NC(=O)Nc1cc(Br)ccc1OCC(=O)NC1C[C@H]2CC[C@@H](C1)N2Cc1ccc(Cl)cc1. The Bertz CT molecular complexity index is 2280. The van der Waals surface area contributed by atoms with Gasteiger partial charge in [-0.15, -0.1) is 0 Å². The molecule has 13 nitrogen and oxygen atoms in total. The second-order valence-electron chi connectivity index (χ2n) is 17.1. The van der Waals surface area contributed by atoms with Crippen molar-refractivity contribution in [2.24, 2.45) is 5.73 Å². The summed E-state index contributed by atoms with van der Waals surface area (Å²) in [6.45, 7) is 1.61. The number of anilines is 1. The van der Waals surface area contributed by atoms with Gasteiger partial charge in [-0.2, -0.15) is 0 Å². The number of nitrogens with one attached hydrogen (secondary N) is 4. The molecule has 0 aliphatic carbocycles. The van der Waals surface area contributed by atoms with Gasteiger partial charge in [0.2, 0.25) is 5.91 Å². The summed E-state index contributed by atoms with van der Waals surface area (Å²) in [6, 6.07) is 27.7. The van der Waals surface area contributed by atoms with Gasteiger partial charge in [0.15, 0.2) is 13.2 Å². The van der Waals surface area contributed by atoms with Crippen LogP contribution in [0.15, 0.2) is 89.4 Å². The van der Waals surface area contributed by atoms with E-state index in [2.05, 4.69) is 71.3 Å². The fourth-order valence-electron chi connectivity index (χ4n) is 9.67. The number of benzene rings is 4. The maximum Gasteiger partial charge on any atom is 0.316 e. The van der Waals surface area contributed by atoms with Crippen LogP contribution in [0.25, 0.3) is 0 Å². The average Bonchev–Trinajstić information content (AvgIpc) is 3.63. The lowest BCUT2D eigenvalue weighted by molar-refractivity contribution is -0.125. The summed E-state index contributed by atoms with van der Waals surface area (Å²) >= 11 is 21.4. The lowest BCUT2D eigenvalue weighted by atomic mass is 9.96. The van der Waals surface area contributed by atoms with Gasteiger partial charge in [-0.05, 0) is 123 Å². The zero-order valence-electron chi connectivity index (χ0n) is 36.2. The Morgan fingerprint density at radius 2 is 1.08 bits per heavy atom. The Morgan fingerprint density at radius 1 is 0.631 bits per heavy atom. The lowest BCUT2D eigenvalue weighted by Crippen LogP contribution is -2.50. The number of likely N-dealkylation sites (N-methyl/N-ethyl adjacent to an activating group) is 1. The van der Waals surface area contributed by atoms with Crippen molar-refractivity contribution in [3.05, 3.63) is 121 Å². The topological polar surface area (TPSA) is 167 Å². The van der Waals surface area contributed by atoms with Gasteiger partial charge in [0, 0.05) is 81.5 Å². The monoisotopic (exact) mass is 1010 g/mol. The Balaban J connectivity index is 0.000000194. The fourth-order valence-corrected chi connectivity index (χ4v) is 10.5. The van der Waals surface area contributed by atoms with Crippen LogP contribution >= 0.6 is 50.7 Å². The first-order valence-electron chi connectivity index (χ1n) is 22.0. The number of nitrogens with zero attached hydrogens (tertiary/aromatic N) is 2. The molecule has 4 aliphatic heterocycles. The van der Waals surface area contributed by atoms with E-state index in [1.165, 1.54) is 11.1 Å². The van der Waals surface area contributed by atoms with E-state index in [1.54, 1.807) is 43.4 Å². The normalized spacial score (nSPS) is 22.2. The summed E-state index contributed by atoms with van der Waals surface area (Å²) in [5, 5.41) is 13.4. The highest BCUT2D eigenvalue weighted by molar-refractivity contribution is 9.10. The van der Waals surface area contributed by atoms with E-state index in [9.17, 15) is 19.2 Å². The second-order valence-corrected chi connectivity index (χ2v) is 19.4. The fraction of sp³-hybridized carbons (Fsp3) is 0.417. The van der Waals surface area contributed by atoms with Crippen LogP contribution in [0.5, 0.6) is 11.5 Å². The van der Waals surface area contributed by atoms with E-state index >= 15 is 0 Å². The van der Waals surface area contributed by atoms with Crippen molar-refractivity contribution in [2.45, 2.75) is 107 Å². The van der Waals surface area contributed by atoms with Gasteiger partial charge in [-0.1, -0.05) is 75.0 Å². The van der Waals surface area contributed by atoms with Gasteiger partial charge in [0.05, 0.1) is 12.1 Å². The molecule has 4 aromatic rings. The van der Waals surface area contributed by atoms with Crippen molar-refractivity contribution in [2.75, 3.05) is 25.6 Å². The maximum atomic E-state index is 12.6. The first kappa shape index (κ1) is 48.4. The number of rotatable bonds is 15. The molecule has 0 aromatic heterocycles. The number of ether oxygens (including phenoxy) is 2. The molecule has 65 heavy (non-hydrogen) atoms. The molecule has 17 heteroatoms. The van der Waals surface area contributed by atoms with Crippen LogP contribution in [0.1, 0.15) is 68.1 Å². The first-order chi connectivity index (χ1) is 31.3. The number of hydrogen-bond acceptors (Lipinski definition) is 8. The minimum absolute atomic E-state index is 0.0945. The van der Waals surface area contributed by atoms with E-state index in [0.29, 0.717) is 51.9 Å². The smallest absolute Gasteiger partial charge is 0.316 e. The number of carbonyl (C=O) groups is 4. The summed E-state index contributed by atoms with van der Waals surface area (Å²) in [6.07, 6.45) is 8.53. The van der Waals surface area contributed by atoms with Crippen molar-refractivity contribution in [1.82, 2.24) is 25.8 Å². The third-order valence-corrected chi connectivity index (χ3v) is 13.9. The minimum Gasteiger partial charge on any atom is -0.483 e. The summed E-state index contributed by atoms with van der Waals surface area (Å²) in [7, 11) is 1.58. The molecule has 4 aromatic carbocycles. The number of halogens is 4. The van der Waals surface area contributed by atoms with Crippen molar-refractivity contribution >= 4 is 80.2 Å². The Kier molecular flexibility index (Phi) is 16.9. The maximum absolute atomic E-state index is 12.6. The van der Waals surface area contributed by atoms with Crippen molar-refractivity contribution < 1.29 is 28.7 Å². The molecule has 4 bridgehead atoms. The molecule has 2 unspecified atom stereocenters. The first-order valence-corrected chi connectivity index (χ1v) is 23.9. The van der Waals surface area contributed by atoms with E-state index in [-0.39, 0.29) is 49.4 Å². The van der Waals surface area contributed by atoms with Gasteiger partial charge in [-0.25, -0.2) is 4.79 Å². The number of nitrogens with two attached hydrogens (primary N) is 1. The molecule has 6 atom stereocenters. The molecule has 0 saturated carbocycles. The molecule has 5 amide bonds. The number of fused-ring (bicyclic) bond motifs is 4. The predicted octanol–water partition coefficient (Wildman–Crippen LogP) is 8.26. The zero-order chi connectivity index (χ0) is 46.0. The molecule has 4 heterocycles. The largest absolute Gasteiger partial charge is 0.483 e. The van der Waals surface area contributed by atoms with E-state index in [1.807, 2.05) is 24.3 Å². The Labute approximate surface area is 403 Å². The summed E-state index contributed by atoms with van der Waals surface area (Å²) in [5.74, 6) is 0.420. The molecule has 0 spiro atoms. The van der Waals surface area contributed by atoms with Crippen LogP contribution in [-0.2, 0) is 33.9 Å². The number of urea groups is 1. The second kappa shape index (κ2) is 22.8. The Morgan fingerprint density at radius 3 is 1.54 bits per heavy atom. The number of piperidine rings is 2. The van der Waals surface area contributed by atoms with Crippen molar-refractivity contribution in [3.8, 4) is 11.5 Å². The highest BCUT2D eigenvalue weighted by atomic mass is 79.9. The third kappa shape index (κ3) is 13.7. The van der Waals surface area contributed by atoms with Gasteiger partial charge in [0.25, 0.3) is 11.8 Å². The lowest BCUT2D eigenvalue weighted by Gasteiger charge is -2.39. The highest BCUT2D eigenvalue weighted by Crippen LogP contribution is 2.38. The number of hydrogen-bond donors (Lipinski definition) is 5. The molecular weight excluding hydrogens is 957 g/mol. The van der Waals surface area contributed by atoms with Crippen LogP contribution in [0, 0.1) is 0 Å². The van der Waals surface area contributed by atoms with Crippen LogP contribution in [0.2, 0.25) is 15.1 Å². The molecule has 6 N–H and O–H groups in total. The summed E-state index contributed by atoms with van der Waals surface area (Å²) in [5.41, 5.74) is 8.81. The van der Waals surface area contributed by atoms with Gasteiger partial charge >= 0.3 is 6.03 Å².